The maximum atomic E-state index is 12.7. The molecular weight excluding hydrogens is 572 g/mol. The van der Waals surface area contributed by atoms with Gasteiger partial charge in [-0.1, -0.05) is 23.5 Å². The van der Waals surface area contributed by atoms with Crippen molar-refractivity contribution in [1.82, 2.24) is 14.5 Å². The first-order chi connectivity index (χ1) is 17.7. The average Bonchev–Trinajstić information content (AvgIpc) is 3.29. The second-order valence-corrected chi connectivity index (χ2v) is 11.6. The van der Waals surface area contributed by atoms with E-state index in [2.05, 4.69) is 18.8 Å². The van der Waals surface area contributed by atoms with Crippen LogP contribution in [-0.2, 0) is 29.2 Å². The summed E-state index contributed by atoms with van der Waals surface area (Å²) in [5.74, 6) is -1.04. The lowest BCUT2D eigenvalue weighted by Gasteiger charge is -2.17. The average molecular weight is 596 g/mol. The fourth-order valence-electron chi connectivity index (χ4n) is 3.95. The number of rotatable bonds is 10. The number of aliphatic hydroxyl groups excluding tert-OH is 1. The van der Waals surface area contributed by atoms with E-state index in [1.165, 1.54) is 15.5 Å². The van der Waals surface area contributed by atoms with Crippen LogP contribution in [-0.4, -0.2) is 59.7 Å². The number of nitrogen functional groups attached to an aromatic ring is 1. The summed E-state index contributed by atoms with van der Waals surface area (Å²) < 4.78 is 45.5. The topological polar surface area (TPSA) is 236 Å². The smallest absolute Gasteiger partial charge is 0.481 e. The molecule has 1 saturated heterocycles. The minimum atomic E-state index is -5.32. The van der Waals surface area contributed by atoms with Gasteiger partial charge in [0.15, 0.2) is 18.1 Å². The predicted octanol–water partition coefficient (Wildman–Crippen LogP) is 0.228. The van der Waals surface area contributed by atoms with Crippen molar-refractivity contribution in [3.63, 3.8) is 0 Å². The zero-order chi connectivity index (χ0) is 27.8. The number of phosphoric acid groups is 2. The van der Waals surface area contributed by atoms with Crippen LogP contribution in [0.4, 0.5) is 5.95 Å². The molecule has 2 aromatic heterocycles. The third-order valence-electron chi connectivity index (χ3n) is 5.63. The van der Waals surface area contributed by atoms with Gasteiger partial charge in [-0.3, -0.25) is 9.09 Å². The zero-order valence-corrected chi connectivity index (χ0v) is 22.1. The second-order valence-electron chi connectivity index (χ2n) is 8.33. The van der Waals surface area contributed by atoms with Crippen LogP contribution in [0.1, 0.15) is 13.2 Å². The number of nitrogens with zero attached hydrogens (tertiary/aromatic N) is 4. The lowest BCUT2D eigenvalue weighted by atomic mass is 10.0. The molecule has 4 rings (SSSR count). The van der Waals surface area contributed by atoms with Gasteiger partial charge in [0, 0.05) is 16.8 Å². The van der Waals surface area contributed by atoms with E-state index in [1.807, 2.05) is 0 Å². The molecule has 1 aromatic carbocycles. The number of ether oxygens (including phenoxy) is 2. The zero-order valence-electron chi connectivity index (χ0n) is 19.6. The van der Waals surface area contributed by atoms with E-state index in [0.29, 0.717) is 10.8 Å². The predicted molar refractivity (Wildman–Crippen MR) is 127 cm³/mol. The van der Waals surface area contributed by atoms with Crippen molar-refractivity contribution in [2.45, 2.75) is 31.9 Å². The molecule has 19 heteroatoms. The number of imidazole rings is 1. The summed E-state index contributed by atoms with van der Waals surface area (Å²) in [6, 6.07) is 6.71. The highest BCUT2D eigenvalue weighted by atomic mass is 35.5. The minimum absolute atomic E-state index is 0.0961. The van der Waals surface area contributed by atoms with Crippen molar-refractivity contribution in [3.8, 4) is 11.6 Å². The summed E-state index contributed by atoms with van der Waals surface area (Å²) in [5.41, 5.74) is 5.90. The Morgan fingerprint density at radius 2 is 1.92 bits per heavy atom. The molecule has 3 aromatic rings. The van der Waals surface area contributed by atoms with E-state index in [9.17, 15) is 24.2 Å². The van der Waals surface area contributed by atoms with Crippen molar-refractivity contribution in [3.05, 3.63) is 35.6 Å². The first-order valence-corrected chi connectivity index (χ1v) is 14.3. The molecule has 6 N–H and O–H groups in total. The van der Waals surface area contributed by atoms with Crippen molar-refractivity contribution in [2.24, 2.45) is 5.92 Å². The van der Waals surface area contributed by atoms with Crippen molar-refractivity contribution in [1.29, 1.82) is 0 Å². The van der Waals surface area contributed by atoms with E-state index < -0.39 is 52.5 Å². The van der Waals surface area contributed by atoms with Crippen LogP contribution < -0.4 is 20.1 Å². The Hall–Kier alpha value is -2.36. The Morgan fingerprint density at radius 1 is 1.24 bits per heavy atom. The lowest BCUT2D eigenvalue weighted by Crippen LogP contribution is -2.42. The van der Waals surface area contributed by atoms with Gasteiger partial charge in [-0.15, -0.1) is 0 Å². The van der Waals surface area contributed by atoms with Crippen LogP contribution >= 0.6 is 27.2 Å². The van der Waals surface area contributed by atoms with E-state index in [0.717, 1.165) is 0 Å². The number of aromatic nitrogens is 4. The van der Waals surface area contributed by atoms with Crippen molar-refractivity contribution >= 4 is 44.4 Å². The summed E-state index contributed by atoms with van der Waals surface area (Å²) in [5, 5.41) is 23.9. The summed E-state index contributed by atoms with van der Waals surface area (Å²) in [7, 11) is -10.5. The highest BCUT2D eigenvalue weighted by molar-refractivity contribution is 7.60. The molecule has 0 radical (unpaired) electrons. The Kier molecular flexibility index (Phi) is 8.31. The number of anilines is 1. The van der Waals surface area contributed by atoms with E-state index in [4.69, 9.17) is 36.6 Å². The number of fused-ring (bicyclic) bond motifs is 1. The quantitative estimate of drug-likeness (QED) is 0.156. The van der Waals surface area contributed by atoms with Gasteiger partial charge in [-0.25, -0.2) is 18.7 Å². The molecule has 0 amide bonds. The Morgan fingerprint density at radius 3 is 2.58 bits per heavy atom. The van der Waals surface area contributed by atoms with E-state index in [-0.39, 0.29) is 30.3 Å². The number of halogens is 1. The van der Waals surface area contributed by atoms with Crippen LogP contribution in [0.25, 0.3) is 11.2 Å². The summed E-state index contributed by atoms with van der Waals surface area (Å²) in [6.45, 7) is 1.22. The molecule has 0 saturated carbocycles. The number of phosphoric ester groups is 1. The fourth-order valence-corrected chi connectivity index (χ4v) is 5.68. The highest BCUT2D eigenvalue weighted by Crippen LogP contribution is 2.57. The number of aliphatic hydroxyl groups is 1. The van der Waals surface area contributed by atoms with Gasteiger partial charge in [-0.05, 0) is 24.3 Å². The van der Waals surface area contributed by atoms with Gasteiger partial charge in [0.2, 0.25) is 0 Å². The highest BCUT2D eigenvalue weighted by Gasteiger charge is 2.46. The Bertz CT molecular complexity index is 1400. The second kappa shape index (κ2) is 11.0. The Balaban J connectivity index is 1.55. The SMILES string of the molecule is C[C@@H]1[C@H](O)[C@@H](COP(=O)(O)OP(=O)(O)O)O[C@H]1[n+]1cn(CCOc2ccc(Cl)cc2)c2c([O-])nc(N)nc21. The lowest BCUT2D eigenvalue weighted by molar-refractivity contribution is -0.745. The van der Waals surface area contributed by atoms with Crippen LogP contribution in [0.15, 0.2) is 30.6 Å². The molecule has 1 aliphatic rings. The van der Waals surface area contributed by atoms with Gasteiger partial charge in [-0.2, -0.15) is 4.31 Å². The van der Waals surface area contributed by atoms with Gasteiger partial charge in [0.05, 0.1) is 12.7 Å². The molecule has 0 aliphatic carbocycles. The summed E-state index contributed by atoms with van der Waals surface area (Å²) in [6.07, 6.45) is -1.90. The molecule has 38 heavy (non-hydrogen) atoms. The van der Waals surface area contributed by atoms with Gasteiger partial charge < -0.3 is 40.1 Å². The molecule has 1 fully saturated rings. The van der Waals surface area contributed by atoms with Gasteiger partial charge in [0.25, 0.3) is 5.95 Å². The molecule has 16 nitrogen and oxygen atoms in total. The van der Waals surface area contributed by atoms with E-state index in [1.54, 1.807) is 31.2 Å². The molecular formula is C19H24ClN5O11P2. The molecule has 1 aliphatic heterocycles. The number of hydrogen-bond donors (Lipinski definition) is 5. The number of hydrogen-bond acceptors (Lipinski definition) is 11. The largest absolute Gasteiger partial charge is 0.856 e. The molecule has 1 unspecified atom stereocenters. The van der Waals surface area contributed by atoms with Gasteiger partial charge >= 0.3 is 21.3 Å². The molecule has 208 valence electrons. The van der Waals surface area contributed by atoms with Crippen LogP contribution in [0.2, 0.25) is 5.02 Å². The number of benzene rings is 1. The fraction of sp³-hybridized carbons (Fsp3) is 0.421. The van der Waals surface area contributed by atoms with Crippen molar-refractivity contribution < 1.29 is 56.9 Å². The summed E-state index contributed by atoms with van der Waals surface area (Å²) >= 11 is 5.88. The van der Waals surface area contributed by atoms with Crippen LogP contribution in [0.5, 0.6) is 11.6 Å². The standard InChI is InChI=1S/C19H24ClN5O11P2/c1-10-15(26)13(8-34-38(31,32)36-37(28,29)30)35-18(10)25-9-24(14-16(25)22-19(21)23-17(14)27)6-7-33-12-4-2-11(20)3-5-12/h2-5,9-10,13,15,18,26H,6-8H2,1H3,(H5-,21,22,23,27,28,29,30,31,32)/t10-,13-,15+,18-/m1/s1. The summed E-state index contributed by atoms with van der Waals surface area (Å²) in [4.78, 5) is 34.9. The van der Waals surface area contributed by atoms with E-state index >= 15 is 0 Å². The molecule has 3 heterocycles. The first kappa shape index (κ1) is 28.6. The van der Waals surface area contributed by atoms with Crippen LogP contribution in [0, 0.1) is 5.92 Å². The molecule has 0 bridgehead atoms. The minimum Gasteiger partial charge on any atom is -0.856 e. The third-order valence-corrected chi connectivity index (χ3v) is 8.03. The number of nitrogens with two attached hydrogens (primary N) is 1. The van der Waals surface area contributed by atoms with Crippen LogP contribution in [0.3, 0.4) is 0 Å². The monoisotopic (exact) mass is 595 g/mol. The third kappa shape index (κ3) is 6.61. The first-order valence-electron chi connectivity index (χ1n) is 10.9. The maximum Gasteiger partial charge on any atom is 0.481 e. The van der Waals surface area contributed by atoms with Crippen molar-refractivity contribution in [2.75, 3.05) is 18.9 Å². The normalized spacial score (nSPS) is 23.5. The molecule has 5 atom stereocenters. The maximum absolute atomic E-state index is 12.7. The Labute approximate surface area is 220 Å². The van der Waals surface area contributed by atoms with Gasteiger partial charge in [0.1, 0.15) is 25.0 Å². The molecule has 0 spiro atoms.